The van der Waals surface area contributed by atoms with Gasteiger partial charge in [-0.1, -0.05) is 12.1 Å². The molecule has 1 aromatic carbocycles. The SMILES string of the molecule is COc1cccc2cc(C(=O)NC3CCC(n4nc(-n5cncn5)ccc4=O)CC3)oc12. The lowest BCUT2D eigenvalue weighted by atomic mass is 9.91. The minimum Gasteiger partial charge on any atom is -0.493 e. The summed E-state index contributed by atoms with van der Waals surface area (Å²) in [5.41, 5.74) is 0.402. The Hall–Kier alpha value is -3.95. The van der Waals surface area contributed by atoms with Gasteiger partial charge in [0.2, 0.25) is 0 Å². The number of methoxy groups -OCH3 is 1. The number of para-hydroxylation sites is 1. The maximum absolute atomic E-state index is 12.7. The van der Waals surface area contributed by atoms with Crippen LogP contribution in [0.1, 0.15) is 42.3 Å². The number of aromatic nitrogens is 5. The van der Waals surface area contributed by atoms with Crippen LogP contribution in [0.15, 0.2) is 58.3 Å². The fourth-order valence-electron chi connectivity index (χ4n) is 4.16. The monoisotopic (exact) mass is 434 g/mol. The van der Waals surface area contributed by atoms with Crippen molar-refractivity contribution < 1.29 is 13.9 Å². The van der Waals surface area contributed by atoms with Crippen LogP contribution in [-0.2, 0) is 0 Å². The van der Waals surface area contributed by atoms with Gasteiger partial charge in [0, 0.05) is 17.5 Å². The zero-order valence-electron chi connectivity index (χ0n) is 17.5. The Labute approximate surface area is 182 Å². The number of benzene rings is 1. The molecule has 0 radical (unpaired) electrons. The number of fused-ring (bicyclic) bond motifs is 1. The van der Waals surface area contributed by atoms with Crippen molar-refractivity contribution in [1.82, 2.24) is 29.9 Å². The van der Waals surface area contributed by atoms with E-state index in [9.17, 15) is 9.59 Å². The molecule has 0 atom stereocenters. The van der Waals surface area contributed by atoms with Gasteiger partial charge in [-0.15, -0.1) is 5.10 Å². The van der Waals surface area contributed by atoms with Crippen molar-refractivity contribution in [2.75, 3.05) is 7.11 Å². The van der Waals surface area contributed by atoms with E-state index in [1.54, 1.807) is 25.3 Å². The standard InChI is InChI=1S/C22H22N6O4/c1-31-17-4-2-3-14-11-18(32-21(14)17)22(30)25-15-5-7-16(8-6-15)28-20(29)10-9-19(26-28)27-13-23-12-24-27/h2-4,9-13,15-16H,5-8H2,1H3,(H,25,30). The quantitative estimate of drug-likeness (QED) is 0.513. The summed E-state index contributed by atoms with van der Waals surface area (Å²) >= 11 is 0. The number of furan rings is 1. The first-order valence-electron chi connectivity index (χ1n) is 10.4. The number of carbonyl (C=O) groups excluding carboxylic acids is 1. The fraction of sp³-hybridized carbons (Fsp3) is 0.318. The minimum absolute atomic E-state index is 0.00283. The molecule has 0 bridgehead atoms. The summed E-state index contributed by atoms with van der Waals surface area (Å²) < 4.78 is 14.1. The summed E-state index contributed by atoms with van der Waals surface area (Å²) in [5.74, 6) is 1.13. The average molecular weight is 434 g/mol. The maximum atomic E-state index is 12.7. The number of nitrogens with one attached hydrogen (secondary N) is 1. The van der Waals surface area contributed by atoms with Crippen molar-refractivity contribution in [3.63, 3.8) is 0 Å². The molecule has 1 aliphatic carbocycles. The Balaban J connectivity index is 1.25. The van der Waals surface area contributed by atoms with E-state index < -0.39 is 0 Å². The van der Waals surface area contributed by atoms with Crippen LogP contribution < -0.4 is 15.6 Å². The van der Waals surface area contributed by atoms with Gasteiger partial charge >= 0.3 is 0 Å². The Kier molecular flexibility index (Phi) is 5.18. The van der Waals surface area contributed by atoms with Crippen molar-refractivity contribution in [3.05, 3.63) is 65.2 Å². The van der Waals surface area contributed by atoms with Gasteiger partial charge in [-0.2, -0.15) is 5.10 Å². The molecule has 1 aliphatic rings. The van der Waals surface area contributed by atoms with Gasteiger partial charge < -0.3 is 14.5 Å². The predicted molar refractivity (Wildman–Crippen MR) is 115 cm³/mol. The highest BCUT2D eigenvalue weighted by Crippen LogP contribution is 2.30. The molecule has 5 rings (SSSR count). The fourth-order valence-corrected chi connectivity index (χ4v) is 4.16. The molecular weight excluding hydrogens is 412 g/mol. The van der Waals surface area contributed by atoms with Crippen LogP contribution in [-0.4, -0.2) is 43.6 Å². The van der Waals surface area contributed by atoms with Gasteiger partial charge in [0.25, 0.3) is 11.5 Å². The van der Waals surface area contributed by atoms with Gasteiger partial charge in [0.05, 0.1) is 13.2 Å². The molecule has 4 aromatic rings. The van der Waals surface area contributed by atoms with Gasteiger partial charge in [0.1, 0.15) is 12.7 Å². The lowest BCUT2D eigenvalue weighted by molar-refractivity contribution is 0.0895. The number of carbonyl (C=O) groups is 1. The zero-order chi connectivity index (χ0) is 22.1. The summed E-state index contributed by atoms with van der Waals surface area (Å²) in [4.78, 5) is 29.0. The van der Waals surface area contributed by atoms with Crippen LogP contribution in [0.4, 0.5) is 0 Å². The Morgan fingerprint density at radius 2 is 2.03 bits per heavy atom. The van der Waals surface area contributed by atoms with E-state index in [1.165, 1.54) is 28.1 Å². The molecule has 1 fully saturated rings. The van der Waals surface area contributed by atoms with Gasteiger partial charge in [-0.3, -0.25) is 9.59 Å². The van der Waals surface area contributed by atoms with E-state index >= 15 is 0 Å². The minimum atomic E-state index is -0.254. The van der Waals surface area contributed by atoms with E-state index in [2.05, 4.69) is 20.5 Å². The molecule has 1 saturated carbocycles. The molecule has 164 valence electrons. The number of rotatable bonds is 5. The summed E-state index contributed by atoms with van der Waals surface area (Å²) in [6.07, 6.45) is 5.89. The number of amides is 1. The highest BCUT2D eigenvalue weighted by molar-refractivity contribution is 5.97. The van der Waals surface area contributed by atoms with Crippen molar-refractivity contribution in [1.29, 1.82) is 0 Å². The summed E-state index contributed by atoms with van der Waals surface area (Å²) in [6.45, 7) is 0. The first kappa shape index (κ1) is 20.0. The van der Waals surface area contributed by atoms with Crippen molar-refractivity contribution in [2.24, 2.45) is 0 Å². The van der Waals surface area contributed by atoms with Crippen LogP contribution in [0.2, 0.25) is 0 Å². The maximum Gasteiger partial charge on any atom is 0.287 e. The van der Waals surface area contributed by atoms with Crippen molar-refractivity contribution in [2.45, 2.75) is 37.8 Å². The highest BCUT2D eigenvalue weighted by atomic mass is 16.5. The molecule has 10 heteroatoms. The first-order chi connectivity index (χ1) is 15.6. The Bertz CT molecular complexity index is 1300. The first-order valence-corrected chi connectivity index (χ1v) is 10.4. The largest absolute Gasteiger partial charge is 0.493 e. The highest BCUT2D eigenvalue weighted by Gasteiger charge is 2.26. The van der Waals surface area contributed by atoms with Gasteiger partial charge in [-0.25, -0.2) is 14.3 Å². The smallest absolute Gasteiger partial charge is 0.287 e. The number of hydrogen-bond donors (Lipinski definition) is 1. The molecule has 0 spiro atoms. The van der Waals surface area contributed by atoms with Crippen LogP contribution >= 0.6 is 0 Å². The average Bonchev–Trinajstić information content (AvgIpc) is 3.50. The lowest BCUT2D eigenvalue weighted by Crippen LogP contribution is -2.39. The summed E-state index contributed by atoms with van der Waals surface area (Å²) in [7, 11) is 1.57. The molecule has 10 nitrogen and oxygen atoms in total. The second-order valence-corrected chi connectivity index (χ2v) is 7.78. The van der Waals surface area contributed by atoms with E-state index in [0.717, 1.165) is 31.1 Å². The third kappa shape index (κ3) is 3.75. The van der Waals surface area contributed by atoms with Crippen molar-refractivity contribution in [3.8, 4) is 11.6 Å². The molecule has 1 N–H and O–H groups in total. The van der Waals surface area contributed by atoms with E-state index in [1.807, 2.05) is 12.1 Å². The second-order valence-electron chi connectivity index (χ2n) is 7.78. The predicted octanol–water partition coefficient (Wildman–Crippen LogP) is 2.49. The second kappa shape index (κ2) is 8.29. The normalized spacial score (nSPS) is 18.5. The van der Waals surface area contributed by atoms with E-state index in [-0.39, 0.29) is 29.3 Å². The number of hydrogen-bond acceptors (Lipinski definition) is 7. The molecule has 32 heavy (non-hydrogen) atoms. The molecule has 0 unspecified atom stereocenters. The van der Waals surface area contributed by atoms with Gasteiger partial charge in [-0.05, 0) is 43.9 Å². The zero-order valence-corrected chi connectivity index (χ0v) is 17.5. The lowest BCUT2D eigenvalue weighted by Gasteiger charge is -2.29. The Morgan fingerprint density at radius 3 is 2.78 bits per heavy atom. The number of nitrogens with zero attached hydrogens (tertiary/aromatic N) is 5. The van der Waals surface area contributed by atoms with E-state index in [0.29, 0.717) is 17.2 Å². The van der Waals surface area contributed by atoms with Crippen molar-refractivity contribution >= 4 is 16.9 Å². The molecule has 0 saturated heterocycles. The molecule has 3 aromatic heterocycles. The molecule has 0 aliphatic heterocycles. The number of ether oxygens (including phenoxy) is 1. The van der Waals surface area contributed by atoms with E-state index in [4.69, 9.17) is 9.15 Å². The van der Waals surface area contributed by atoms with Crippen LogP contribution in [0.5, 0.6) is 5.75 Å². The van der Waals surface area contributed by atoms with Crippen LogP contribution in [0.25, 0.3) is 16.8 Å². The third-order valence-corrected chi connectivity index (χ3v) is 5.79. The molecule has 3 heterocycles. The molecular formula is C22H22N6O4. The summed E-state index contributed by atoms with van der Waals surface area (Å²) in [5, 5.41) is 12.4. The van der Waals surface area contributed by atoms with Crippen LogP contribution in [0.3, 0.4) is 0 Å². The molecule has 1 amide bonds. The third-order valence-electron chi connectivity index (χ3n) is 5.79. The van der Waals surface area contributed by atoms with Gasteiger partial charge in [0.15, 0.2) is 22.9 Å². The summed E-state index contributed by atoms with van der Waals surface area (Å²) in [6, 6.07) is 10.3. The van der Waals surface area contributed by atoms with Crippen LogP contribution in [0, 0.1) is 0 Å². The Morgan fingerprint density at radius 1 is 1.19 bits per heavy atom. The topological polar surface area (TPSA) is 117 Å².